The molecule has 0 aliphatic heterocycles. The van der Waals surface area contributed by atoms with Crippen LogP contribution in [-0.2, 0) is 16.0 Å². The fourth-order valence-electron chi connectivity index (χ4n) is 2.02. The highest BCUT2D eigenvalue weighted by Crippen LogP contribution is 2.18. The highest BCUT2D eigenvalue weighted by Gasteiger charge is 2.17. The third-order valence-corrected chi connectivity index (χ3v) is 2.89. The number of hydrogen-bond donors (Lipinski definition) is 1. The van der Waals surface area contributed by atoms with Gasteiger partial charge in [-0.2, -0.15) is 0 Å². The molecule has 0 amide bonds. The monoisotopic (exact) mass is 265 g/mol. The van der Waals surface area contributed by atoms with Crippen LogP contribution >= 0.6 is 0 Å². The molecule has 0 saturated heterocycles. The van der Waals surface area contributed by atoms with Crippen molar-refractivity contribution >= 4 is 5.97 Å². The Kier molecular flexibility index (Phi) is 6.36. The van der Waals surface area contributed by atoms with Gasteiger partial charge in [0.1, 0.15) is 11.8 Å². The Morgan fingerprint density at radius 1 is 1.32 bits per heavy atom. The SMILES string of the molecule is CCOC(=O)C(C)NC(C)Cc1ccccc1OC. The van der Waals surface area contributed by atoms with E-state index < -0.39 is 0 Å². The average molecular weight is 265 g/mol. The van der Waals surface area contributed by atoms with Gasteiger partial charge < -0.3 is 14.8 Å². The fraction of sp³-hybridized carbons (Fsp3) is 0.533. The Labute approximate surface area is 115 Å². The Hall–Kier alpha value is -1.55. The summed E-state index contributed by atoms with van der Waals surface area (Å²) in [6.07, 6.45) is 0.799. The van der Waals surface area contributed by atoms with Crippen molar-refractivity contribution in [2.75, 3.05) is 13.7 Å². The number of ether oxygens (including phenoxy) is 2. The molecule has 0 saturated carbocycles. The Morgan fingerprint density at radius 2 is 2.00 bits per heavy atom. The number of methoxy groups -OCH3 is 1. The van der Waals surface area contributed by atoms with E-state index in [1.165, 1.54) is 0 Å². The second-order valence-electron chi connectivity index (χ2n) is 4.56. The highest BCUT2D eigenvalue weighted by molar-refractivity contribution is 5.75. The average Bonchev–Trinajstić information content (AvgIpc) is 2.39. The molecule has 0 aliphatic rings. The summed E-state index contributed by atoms with van der Waals surface area (Å²) in [6.45, 7) is 6.08. The second kappa shape index (κ2) is 7.79. The number of benzene rings is 1. The zero-order valence-corrected chi connectivity index (χ0v) is 12.1. The van der Waals surface area contributed by atoms with Gasteiger partial charge in [-0.15, -0.1) is 0 Å². The van der Waals surface area contributed by atoms with Crippen molar-refractivity contribution in [1.82, 2.24) is 5.32 Å². The summed E-state index contributed by atoms with van der Waals surface area (Å²) in [6, 6.07) is 7.77. The Bertz CT molecular complexity index is 406. The summed E-state index contributed by atoms with van der Waals surface area (Å²) >= 11 is 0. The molecule has 0 radical (unpaired) electrons. The van der Waals surface area contributed by atoms with E-state index in [1.807, 2.05) is 45.0 Å². The van der Waals surface area contributed by atoms with Crippen molar-refractivity contribution in [1.29, 1.82) is 0 Å². The second-order valence-corrected chi connectivity index (χ2v) is 4.56. The molecule has 4 nitrogen and oxygen atoms in total. The number of para-hydroxylation sites is 1. The van der Waals surface area contributed by atoms with Crippen molar-refractivity contribution in [3.8, 4) is 5.75 Å². The summed E-state index contributed by atoms with van der Waals surface area (Å²) < 4.78 is 10.3. The highest BCUT2D eigenvalue weighted by atomic mass is 16.5. The van der Waals surface area contributed by atoms with Crippen LogP contribution in [0.25, 0.3) is 0 Å². The lowest BCUT2D eigenvalue weighted by Gasteiger charge is -2.19. The topological polar surface area (TPSA) is 47.6 Å². The molecule has 0 bridgehead atoms. The number of nitrogens with one attached hydrogen (secondary N) is 1. The lowest BCUT2D eigenvalue weighted by Crippen LogP contribution is -2.41. The predicted molar refractivity (Wildman–Crippen MR) is 75.4 cm³/mol. The van der Waals surface area contributed by atoms with Crippen molar-refractivity contribution in [2.24, 2.45) is 0 Å². The van der Waals surface area contributed by atoms with E-state index in [0.29, 0.717) is 6.61 Å². The van der Waals surface area contributed by atoms with Crippen LogP contribution in [-0.4, -0.2) is 31.8 Å². The number of rotatable bonds is 7. The van der Waals surface area contributed by atoms with Gasteiger partial charge in [-0.25, -0.2) is 0 Å². The van der Waals surface area contributed by atoms with Crippen molar-refractivity contribution in [3.63, 3.8) is 0 Å². The quantitative estimate of drug-likeness (QED) is 0.768. The first-order valence-corrected chi connectivity index (χ1v) is 6.63. The molecule has 2 atom stereocenters. The molecule has 1 aromatic carbocycles. The largest absolute Gasteiger partial charge is 0.496 e. The fourth-order valence-corrected chi connectivity index (χ4v) is 2.02. The van der Waals surface area contributed by atoms with Gasteiger partial charge in [0.15, 0.2) is 0 Å². The minimum atomic E-state index is -0.301. The van der Waals surface area contributed by atoms with E-state index in [1.54, 1.807) is 7.11 Å². The molecular weight excluding hydrogens is 242 g/mol. The van der Waals surface area contributed by atoms with Crippen molar-refractivity contribution in [2.45, 2.75) is 39.3 Å². The molecule has 0 aliphatic carbocycles. The lowest BCUT2D eigenvalue weighted by molar-refractivity contribution is -0.145. The standard InChI is InChI=1S/C15H23NO3/c1-5-19-15(17)12(3)16-11(2)10-13-8-6-7-9-14(13)18-4/h6-9,11-12,16H,5,10H2,1-4H3. The van der Waals surface area contributed by atoms with Gasteiger partial charge in [-0.3, -0.25) is 4.79 Å². The first kappa shape index (κ1) is 15.5. The molecule has 1 aromatic rings. The van der Waals surface area contributed by atoms with Crippen LogP contribution in [0.15, 0.2) is 24.3 Å². The third-order valence-electron chi connectivity index (χ3n) is 2.89. The Morgan fingerprint density at radius 3 is 2.63 bits per heavy atom. The maximum atomic E-state index is 11.5. The van der Waals surface area contributed by atoms with E-state index in [4.69, 9.17) is 9.47 Å². The maximum absolute atomic E-state index is 11.5. The van der Waals surface area contributed by atoms with Crippen LogP contribution < -0.4 is 10.1 Å². The zero-order valence-electron chi connectivity index (χ0n) is 12.1. The smallest absolute Gasteiger partial charge is 0.322 e. The van der Waals surface area contributed by atoms with Crippen LogP contribution in [0.4, 0.5) is 0 Å². The minimum absolute atomic E-state index is 0.163. The molecule has 1 N–H and O–H groups in total. The molecule has 0 aromatic heterocycles. The molecule has 0 spiro atoms. The molecule has 19 heavy (non-hydrogen) atoms. The van der Waals surface area contributed by atoms with E-state index in [-0.39, 0.29) is 18.1 Å². The van der Waals surface area contributed by atoms with E-state index in [0.717, 1.165) is 17.7 Å². The predicted octanol–water partition coefficient (Wildman–Crippen LogP) is 2.17. The van der Waals surface area contributed by atoms with Gasteiger partial charge in [0.2, 0.25) is 0 Å². The summed E-state index contributed by atoms with van der Waals surface area (Å²) in [4.78, 5) is 11.5. The van der Waals surface area contributed by atoms with E-state index >= 15 is 0 Å². The van der Waals surface area contributed by atoms with Gasteiger partial charge in [0.25, 0.3) is 0 Å². The molecule has 1 rings (SSSR count). The molecule has 0 heterocycles. The number of hydrogen-bond acceptors (Lipinski definition) is 4. The maximum Gasteiger partial charge on any atom is 0.322 e. The van der Waals surface area contributed by atoms with Gasteiger partial charge >= 0.3 is 5.97 Å². The minimum Gasteiger partial charge on any atom is -0.496 e. The first-order chi connectivity index (χ1) is 9.08. The van der Waals surface area contributed by atoms with Gasteiger partial charge in [-0.05, 0) is 38.8 Å². The van der Waals surface area contributed by atoms with Crippen LogP contribution in [0.3, 0.4) is 0 Å². The van der Waals surface area contributed by atoms with E-state index in [9.17, 15) is 4.79 Å². The normalized spacial score (nSPS) is 13.7. The van der Waals surface area contributed by atoms with Crippen LogP contribution in [0, 0.1) is 0 Å². The van der Waals surface area contributed by atoms with Gasteiger partial charge in [0.05, 0.1) is 13.7 Å². The molecular formula is C15H23NO3. The van der Waals surface area contributed by atoms with Crippen molar-refractivity contribution < 1.29 is 14.3 Å². The number of esters is 1. The van der Waals surface area contributed by atoms with Gasteiger partial charge in [-0.1, -0.05) is 18.2 Å². The van der Waals surface area contributed by atoms with Gasteiger partial charge in [0, 0.05) is 6.04 Å². The zero-order chi connectivity index (χ0) is 14.3. The summed E-state index contributed by atoms with van der Waals surface area (Å²) in [7, 11) is 1.66. The van der Waals surface area contributed by atoms with Crippen LogP contribution in [0.5, 0.6) is 5.75 Å². The lowest BCUT2D eigenvalue weighted by atomic mass is 10.1. The third kappa shape index (κ3) is 4.91. The summed E-state index contributed by atoms with van der Waals surface area (Å²) in [5, 5.41) is 3.23. The number of carbonyl (C=O) groups is 1. The molecule has 4 heteroatoms. The molecule has 106 valence electrons. The van der Waals surface area contributed by atoms with Crippen molar-refractivity contribution in [3.05, 3.63) is 29.8 Å². The van der Waals surface area contributed by atoms with Crippen LogP contribution in [0.2, 0.25) is 0 Å². The Balaban J connectivity index is 2.55. The summed E-state index contributed by atoms with van der Waals surface area (Å²) in [5.74, 6) is 0.661. The van der Waals surface area contributed by atoms with Crippen LogP contribution in [0.1, 0.15) is 26.3 Å². The molecule has 2 unspecified atom stereocenters. The number of carbonyl (C=O) groups excluding carboxylic acids is 1. The first-order valence-electron chi connectivity index (χ1n) is 6.63. The summed E-state index contributed by atoms with van der Waals surface area (Å²) in [5.41, 5.74) is 1.13. The van der Waals surface area contributed by atoms with E-state index in [2.05, 4.69) is 5.32 Å². The molecule has 0 fully saturated rings.